The van der Waals surface area contributed by atoms with E-state index in [0.717, 1.165) is 23.1 Å². The number of aromatic nitrogens is 1. The van der Waals surface area contributed by atoms with Crippen LogP contribution in [0.4, 0.5) is 4.39 Å². The molecule has 1 N–H and O–H groups in total. The summed E-state index contributed by atoms with van der Waals surface area (Å²) in [6.07, 6.45) is 0.745. The van der Waals surface area contributed by atoms with Crippen LogP contribution in [-0.2, 0) is 11.4 Å². The SMILES string of the molecule is CCC(N[S+]([O-])C(C)(C)C)c1cc(C)nc2c(F)cc(Br)cc12. The van der Waals surface area contributed by atoms with Crippen LogP contribution in [0.25, 0.3) is 10.9 Å². The Morgan fingerprint density at radius 1 is 1.35 bits per heavy atom. The molecule has 1 heterocycles. The highest BCUT2D eigenvalue weighted by atomic mass is 79.9. The van der Waals surface area contributed by atoms with Crippen LogP contribution in [0.1, 0.15) is 51.4 Å². The highest BCUT2D eigenvalue weighted by Crippen LogP contribution is 2.31. The van der Waals surface area contributed by atoms with Crippen molar-refractivity contribution in [1.82, 2.24) is 9.71 Å². The van der Waals surface area contributed by atoms with Crippen LogP contribution in [0.2, 0.25) is 0 Å². The maximum atomic E-state index is 14.3. The molecule has 0 saturated heterocycles. The largest absolute Gasteiger partial charge is 0.598 e. The normalized spacial score (nSPS) is 15.0. The van der Waals surface area contributed by atoms with Gasteiger partial charge in [0.2, 0.25) is 0 Å². The van der Waals surface area contributed by atoms with Crippen molar-refractivity contribution < 1.29 is 8.94 Å². The Balaban J connectivity index is 2.56. The van der Waals surface area contributed by atoms with Gasteiger partial charge in [-0.25, -0.2) is 4.39 Å². The number of halogens is 2. The zero-order valence-electron chi connectivity index (χ0n) is 14.0. The highest BCUT2D eigenvalue weighted by molar-refractivity contribution is 9.10. The molecule has 3 nitrogen and oxygen atoms in total. The number of nitrogens with one attached hydrogen (secondary N) is 1. The maximum Gasteiger partial charge on any atom is 0.150 e. The fourth-order valence-electron chi connectivity index (χ4n) is 2.37. The van der Waals surface area contributed by atoms with E-state index in [-0.39, 0.29) is 16.6 Å². The molecule has 1 aromatic carbocycles. The van der Waals surface area contributed by atoms with Crippen molar-refractivity contribution >= 4 is 38.2 Å². The average Bonchev–Trinajstić information content (AvgIpc) is 2.43. The van der Waals surface area contributed by atoms with Crippen LogP contribution >= 0.6 is 15.9 Å². The van der Waals surface area contributed by atoms with Gasteiger partial charge in [0.1, 0.15) is 10.3 Å². The molecule has 23 heavy (non-hydrogen) atoms. The highest BCUT2D eigenvalue weighted by Gasteiger charge is 2.30. The molecular formula is C17H22BrFN2OS. The molecule has 1 aromatic heterocycles. The number of aryl methyl sites for hydroxylation is 1. The minimum Gasteiger partial charge on any atom is -0.598 e. The van der Waals surface area contributed by atoms with Gasteiger partial charge in [-0.15, -0.1) is 4.72 Å². The van der Waals surface area contributed by atoms with Gasteiger partial charge in [0.25, 0.3) is 0 Å². The molecule has 2 rings (SSSR count). The molecule has 2 aromatic rings. The minimum absolute atomic E-state index is 0.132. The third-order valence-corrected chi connectivity index (χ3v) is 5.65. The van der Waals surface area contributed by atoms with Crippen LogP contribution < -0.4 is 4.72 Å². The summed E-state index contributed by atoms with van der Waals surface area (Å²) in [4.78, 5) is 4.32. The number of hydrogen-bond acceptors (Lipinski definition) is 3. The molecule has 0 aliphatic carbocycles. The maximum absolute atomic E-state index is 14.3. The van der Waals surface area contributed by atoms with Gasteiger partial charge >= 0.3 is 0 Å². The Kier molecular flexibility index (Phi) is 5.72. The molecule has 0 aliphatic heterocycles. The molecule has 0 fully saturated rings. The molecule has 6 heteroatoms. The monoisotopic (exact) mass is 400 g/mol. The Hall–Kier alpha value is -0.690. The summed E-state index contributed by atoms with van der Waals surface area (Å²) >= 11 is 2.14. The molecule has 2 unspecified atom stereocenters. The predicted molar refractivity (Wildman–Crippen MR) is 98.2 cm³/mol. The number of rotatable bonds is 4. The van der Waals surface area contributed by atoms with Crippen molar-refractivity contribution in [2.24, 2.45) is 0 Å². The summed E-state index contributed by atoms with van der Waals surface area (Å²) in [7, 11) is 0. The van der Waals surface area contributed by atoms with Crippen LogP contribution in [0.3, 0.4) is 0 Å². The van der Waals surface area contributed by atoms with Crippen molar-refractivity contribution in [2.45, 2.75) is 51.8 Å². The molecular weight excluding hydrogens is 379 g/mol. The Labute approximate surface area is 148 Å². The first-order chi connectivity index (χ1) is 10.6. The van der Waals surface area contributed by atoms with Gasteiger partial charge in [-0.3, -0.25) is 4.98 Å². The number of nitrogens with zero attached hydrogens (tertiary/aromatic N) is 1. The second kappa shape index (κ2) is 7.05. The van der Waals surface area contributed by atoms with Crippen LogP contribution in [-0.4, -0.2) is 14.3 Å². The Morgan fingerprint density at radius 3 is 2.57 bits per heavy atom. The van der Waals surface area contributed by atoms with Gasteiger partial charge in [0.15, 0.2) is 5.82 Å². The van der Waals surface area contributed by atoms with E-state index in [4.69, 9.17) is 0 Å². The number of hydrogen-bond donors (Lipinski definition) is 1. The van der Waals surface area contributed by atoms with E-state index in [1.54, 1.807) is 0 Å². The lowest BCUT2D eigenvalue weighted by Crippen LogP contribution is -2.41. The van der Waals surface area contributed by atoms with Gasteiger partial charge in [-0.05, 0) is 57.9 Å². The third kappa shape index (κ3) is 4.24. The lowest BCUT2D eigenvalue weighted by Gasteiger charge is -2.28. The van der Waals surface area contributed by atoms with Crippen LogP contribution in [0.15, 0.2) is 22.7 Å². The van der Waals surface area contributed by atoms with Crippen molar-refractivity contribution in [3.63, 3.8) is 0 Å². The smallest absolute Gasteiger partial charge is 0.150 e. The second-order valence-electron chi connectivity index (χ2n) is 6.60. The average molecular weight is 401 g/mol. The minimum atomic E-state index is -1.20. The summed E-state index contributed by atoms with van der Waals surface area (Å²) in [6, 6.07) is 5.09. The quantitative estimate of drug-likeness (QED) is 0.738. The first kappa shape index (κ1) is 18.6. The molecule has 0 spiro atoms. The van der Waals surface area contributed by atoms with Gasteiger partial charge < -0.3 is 4.55 Å². The number of pyridine rings is 1. The summed E-state index contributed by atoms with van der Waals surface area (Å²) in [5.74, 6) is -0.355. The Bertz CT molecular complexity index is 718. The molecule has 0 bridgehead atoms. The van der Waals surface area contributed by atoms with Gasteiger partial charge in [-0.2, -0.15) is 0 Å². The molecule has 0 radical (unpaired) electrons. The summed E-state index contributed by atoms with van der Waals surface area (Å²) in [6.45, 7) is 9.64. The van der Waals surface area contributed by atoms with Gasteiger partial charge in [0, 0.05) is 26.9 Å². The lowest BCUT2D eigenvalue weighted by atomic mass is 9.99. The van der Waals surface area contributed by atoms with E-state index in [2.05, 4.69) is 25.6 Å². The topological polar surface area (TPSA) is 48.0 Å². The van der Waals surface area contributed by atoms with Crippen molar-refractivity contribution in [3.8, 4) is 0 Å². The summed E-state index contributed by atoms with van der Waals surface area (Å²) in [5, 5.41) is 0.743. The van der Waals surface area contributed by atoms with E-state index in [9.17, 15) is 8.94 Å². The molecule has 126 valence electrons. The zero-order chi connectivity index (χ0) is 17.4. The third-order valence-electron chi connectivity index (χ3n) is 3.58. The zero-order valence-corrected chi connectivity index (χ0v) is 16.4. The van der Waals surface area contributed by atoms with Gasteiger partial charge in [-0.1, -0.05) is 22.9 Å². The number of benzene rings is 1. The van der Waals surface area contributed by atoms with Crippen molar-refractivity contribution in [2.75, 3.05) is 0 Å². The van der Waals surface area contributed by atoms with E-state index >= 15 is 0 Å². The molecule has 0 amide bonds. The predicted octanol–water partition coefficient (Wildman–Crippen LogP) is 4.95. The fraction of sp³-hybridized carbons (Fsp3) is 0.471. The van der Waals surface area contributed by atoms with E-state index in [1.807, 2.05) is 46.8 Å². The number of fused-ring (bicyclic) bond motifs is 1. The molecule has 0 saturated carbocycles. The van der Waals surface area contributed by atoms with E-state index in [0.29, 0.717) is 9.99 Å². The summed E-state index contributed by atoms with van der Waals surface area (Å²) in [5.41, 5.74) is 2.02. The van der Waals surface area contributed by atoms with Crippen molar-refractivity contribution in [1.29, 1.82) is 0 Å². The summed E-state index contributed by atoms with van der Waals surface area (Å²) < 4.78 is 30.2. The van der Waals surface area contributed by atoms with Gasteiger partial charge in [0.05, 0.1) is 6.04 Å². The molecule has 2 atom stereocenters. The fourth-order valence-corrected chi connectivity index (χ4v) is 3.71. The Morgan fingerprint density at radius 2 is 2.00 bits per heavy atom. The van der Waals surface area contributed by atoms with E-state index < -0.39 is 11.4 Å². The molecule has 0 aliphatic rings. The first-order valence-corrected chi connectivity index (χ1v) is 9.52. The van der Waals surface area contributed by atoms with E-state index in [1.165, 1.54) is 6.07 Å². The second-order valence-corrected chi connectivity index (χ2v) is 9.51. The lowest BCUT2D eigenvalue weighted by molar-refractivity contribution is 0.519. The van der Waals surface area contributed by atoms with Crippen molar-refractivity contribution in [3.05, 3.63) is 39.7 Å². The van der Waals surface area contributed by atoms with Crippen LogP contribution in [0.5, 0.6) is 0 Å². The first-order valence-electron chi connectivity index (χ1n) is 7.57. The standard InChI is InChI=1S/C17H22BrFN2OS/c1-6-15(21-23(22)17(3,4)5)12-7-10(2)20-16-13(12)8-11(18)9-14(16)19/h7-9,15,21H,6H2,1-5H3. The van der Waals surface area contributed by atoms with Crippen LogP contribution in [0, 0.1) is 12.7 Å².